The fourth-order valence-electron chi connectivity index (χ4n) is 6.13. The number of rotatable bonds is 28. The molecule has 2 unspecified atom stereocenters. The number of nitrogens with zero attached hydrogens (tertiary/aromatic N) is 2. The smallest absolute Gasteiger partial charge is 0.408 e. The Morgan fingerprint density at radius 1 is 0.788 bits per heavy atom. The van der Waals surface area contributed by atoms with Crippen molar-refractivity contribution in [2.75, 3.05) is 19.7 Å². The Morgan fingerprint density at radius 2 is 1.29 bits per heavy atom. The Labute approximate surface area is 316 Å². The second-order valence-corrected chi connectivity index (χ2v) is 15.2. The molecular formula is C40H77N5O7. The number of amides is 2. The molecule has 1 aliphatic rings. The number of carboxylic acid groups (broad SMARTS) is 1. The number of aliphatic imine (C=N–C) groups is 1. The molecule has 1 rings (SSSR count). The number of hydrogen-bond acceptors (Lipinski definition) is 7. The number of carboxylic acids is 1. The van der Waals surface area contributed by atoms with Gasteiger partial charge in [0.25, 0.3) is 0 Å². The maximum atomic E-state index is 13.4. The van der Waals surface area contributed by atoms with Gasteiger partial charge in [-0.3, -0.25) is 14.6 Å². The highest BCUT2D eigenvalue weighted by Gasteiger charge is 2.38. The molecule has 2 atom stereocenters. The molecule has 2 amide bonds. The molecule has 304 valence electrons. The van der Waals surface area contributed by atoms with Crippen molar-refractivity contribution in [3.63, 3.8) is 0 Å². The second-order valence-electron chi connectivity index (χ2n) is 15.2. The lowest BCUT2D eigenvalue weighted by molar-refractivity contribution is -0.154. The zero-order valence-electron chi connectivity index (χ0n) is 33.7. The summed E-state index contributed by atoms with van der Waals surface area (Å²) in [6, 6.07) is -1.49. The summed E-state index contributed by atoms with van der Waals surface area (Å²) in [5, 5.41) is 11.1. The molecule has 1 fully saturated rings. The van der Waals surface area contributed by atoms with Crippen LogP contribution < -0.4 is 16.8 Å². The van der Waals surface area contributed by atoms with Crippen LogP contribution >= 0.6 is 0 Å². The molecule has 12 nitrogen and oxygen atoms in total. The normalized spacial score (nSPS) is 14.6. The van der Waals surface area contributed by atoms with E-state index >= 15 is 0 Å². The lowest BCUT2D eigenvalue weighted by Crippen LogP contribution is -2.52. The molecule has 1 heterocycles. The molecule has 0 aromatic rings. The summed E-state index contributed by atoms with van der Waals surface area (Å²) in [6.45, 7) is 10.9. The predicted octanol–water partition coefficient (Wildman–Crippen LogP) is 8.38. The molecule has 0 spiro atoms. The van der Waals surface area contributed by atoms with Crippen molar-refractivity contribution in [3.8, 4) is 0 Å². The molecule has 1 saturated heterocycles. The molecule has 12 heteroatoms. The second kappa shape index (κ2) is 31.5. The maximum absolute atomic E-state index is 13.4. The maximum Gasteiger partial charge on any atom is 0.408 e. The first-order valence-electron chi connectivity index (χ1n) is 20.6. The van der Waals surface area contributed by atoms with Gasteiger partial charge < -0.3 is 36.3 Å². The van der Waals surface area contributed by atoms with Crippen molar-refractivity contribution in [1.29, 1.82) is 0 Å². The van der Waals surface area contributed by atoms with E-state index < -0.39 is 29.7 Å². The summed E-state index contributed by atoms with van der Waals surface area (Å²) >= 11 is 0. The SMILES string of the molecule is CCCCCCCCCCCC(=O)O.CCCCCCCCCCCCOC(=O)C1CCCN1C(=O)C(CCCN=C(N)N)NC(=O)OC(C)(C)C. The minimum atomic E-state index is -0.852. The van der Waals surface area contributed by atoms with Crippen molar-refractivity contribution in [3.05, 3.63) is 0 Å². The number of aliphatic carboxylic acids is 1. The highest BCUT2D eigenvalue weighted by molar-refractivity contribution is 5.90. The number of ether oxygens (including phenoxy) is 2. The van der Waals surface area contributed by atoms with Crippen molar-refractivity contribution in [2.24, 2.45) is 16.5 Å². The third kappa shape index (κ3) is 28.5. The highest BCUT2D eigenvalue weighted by atomic mass is 16.6. The van der Waals surface area contributed by atoms with E-state index in [9.17, 15) is 19.2 Å². The number of alkyl carbamates (subject to hydrolysis) is 1. The van der Waals surface area contributed by atoms with Gasteiger partial charge in [-0.1, -0.05) is 123 Å². The number of nitrogens with one attached hydrogen (secondary N) is 1. The van der Waals surface area contributed by atoms with E-state index in [1.807, 2.05) is 0 Å². The van der Waals surface area contributed by atoms with Crippen LogP contribution in [0.3, 0.4) is 0 Å². The van der Waals surface area contributed by atoms with Crippen molar-refractivity contribution >= 4 is 29.9 Å². The molecule has 0 aromatic carbocycles. The van der Waals surface area contributed by atoms with E-state index in [0.29, 0.717) is 51.8 Å². The average molecular weight is 740 g/mol. The van der Waals surface area contributed by atoms with E-state index in [4.69, 9.17) is 26.0 Å². The number of likely N-dealkylation sites (tertiary alicyclic amines) is 1. The largest absolute Gasteiger partial charge is 0.481 e. The van der Waals surface area contributed by atoms with Gasteiger partial charge in [-0.2, -0.15) is 0 Å². The van der Waals surface area contributed by atoms with Gasteiger partial charge in [0.15, 0.2) is 5.96 Å². The summed E-state index contributed by atoms with van der Waals surface area (Å²) in [5.41, 5.74) is 10.1. The lowest BCUT2D eigenvalue weighted by Gasteiger charge is -2.29. The van der Waals surface area contributed by atoms with Gasteiger partial charge in [0.1, 0.15) is 17.7 Å². The first kappa shape index (κ1) is 49.0. The van der Waals surface area contributed by atoms with Crippen LogP contribution in [0.25, 0.3) is 0 Å². The first-order chi connectivity index (χ1) is 24.8. The van der Waals surface area contributed by atoms with E-state index in [2.05, 4.69) is 24.2 Å². The molecule has 0 radical (unpaired) electrons. The summed E-state index contributed by atoms with van der Waals surface area (Å²) in [7, 11) is 0. The van der Waals surface area contributed by atoms with Gasteiger partial charge in [0.2, 0.25) is 5.91 Å². The minimum absolute atomic E-state index is 0.0299. The summed E-state index contributed by atoms with van der Waals surface area (Å²) in [5.74, 6) is -1.38. The van der Waals surface area contributed by atoms with Crippen LogP contribution in [0.2, 0.25) is 0 Å². The molecular weight excluding hydrogens is 662 g/mol. The molecule has 0 aromatic heterocycles. The van der Waals surface area contributed by atoms with Crippen LogP contribution in [0.15, 0.2) is 4.99 Å². The van der Waals surface area contributed by atoms with E-state index in [1.165, 1.54) is 94.8 Å². The zero-order chi connectivity index (χ0) is 39.0. The van der Waals surface area contributed by atoms with Gasteiger partial charge in [0.05, 0.1) is 6.61 Å². The Morgan fingerprint density at radius 3 is 1.77 bits per heavy atom. The number of nitrogens with two attached hydrogens (primary N) is 2. The number of carbonyl (C=O) groups is 4. The number of guanidine groups is 1. The Bertz CT molecular complexity index is 982. The molecule has 6 N–H and O–H groups in total. The van der Waals surface area contributed by atoms with Gasteiger partial charge in [-0.15, -0.1) is 0 Å². The minimum Gasteiger partial charge on any atom is -0.481 e. The van der Waals surface area contributed by atoms with Crippen molar-refractivity contribution in [1.82, 2.24) is 10.2 Å². The number of esters is 1. The fraction of sp³-hybridized carbons (Fsp3) is 0.875. The van der Waals surface area contributed by atoms with Gasteiger partial charge >= 0.3 is 18.0 Å². The monoisotopic (exact) mass is 740 g/mol. The van der Waals surface area contributed by atoms with Crippen LogP contribution in [0.5, 0.6) is 0 Å². The Kier molecular flexibility index (Phi) is 29.6. The number of carbonyl (C=O) groups excluding carboxylic acids is 3. The molecule has 0 saturated carbocycles. The molecule has 0 aliphatic carbocycles. The number of hydrogen-bond donors (Lipinski definition) is 4. The molecule has 1 aliphatic heterocycles. The topological polar surface area (TPSA) is 187 Å². The Balaban J connectivity index is 0.00000156. The summed E-state index contributed by atoms with van der Waals surface area (Å²) in [6.07, 6.45) is 24.9. The van der Waals surface area contributed by atoms with Gasteiger partial charge in [0, 0.05) is 19.5 Å². The van der Waals surface area contributed by atoms with Crippen LogP contribution in [-0.2, 0) is 23.9 Å². The van der Waals surface area contributed by atoms with Crippen molar-refractivity contribution < 1.29 is 33.8 Å². The van der Waals surface area contributed by atoms with E-state index in [0.717, 1.165) is 32.1 Å². The van der Waals surface area contributed by atoms with Crippen LogP contribution in [0.1, 0.15) is 189 Å². The van der Waals surface area contributed by atoms with Crippen LogP contribution in [-0.4, -0.2) is 77.3 Å². The third-order valence-electron chi connectivity index (χ3n) is 8.98. The highest BCUT2D eigenvalue weighted by Crippen LogP contribution is 2.21. The average Bonchev–Trinajstić information content (AvgIpc) is 3.57. The van der Waals surface area contributed by atoms with E-state index in [1.54, 1.807) is 20.8 Å². The van der Waals surface area contributed by atoms with Gasteiger partial charge in [-0.05, 0) is 59.3 Å². The fourth-order valence-corrected chi connectivity index (χ4v) is 6.13. The first-order valence-corrected chi connectivity index (χ1v) is 20.6. The van der Waals surface area contributed by atoms with Crippen LogP contribution in [0, 0.1) is 0 Å². The number of unbranched alkanes of at least 4 members (excludes halogenated alkanes) is 17. The van der Waals surface area contributed by atoms with Gasteiger partial charge in [-0.25, -0.2) is 9.59 Å². The quantitative estimate of drug-likeness (QED) is 0.0265. The van der Waals surface area contributed by atoms with Crippen LogP contribution in [0.4, 0.5) is 4.79 Å². The Hall–Kier alpha value is -3.05. The molecule has 52 heavy (non-hydrogen) atoms. The third-order valence-corrected chi connectivity index (χ3v) is 8.98. The summed E-state index contributed by atoms with van der Waals surface area (Å²) < 4.78 is 10.9. The zero-order valence-corrected chi connectivity index (χ0v) is 33.7. The molecule has 0 bridgehead atoms. The predicted molar refractivity (Wildman–Crippen MR) is 210 cm³/mol. The van der Waals surface area contributed by atoms with Crippen molar-refractivity contribution in [2.45, 2.75) is 206 Å². The van der Waals surface area contributed by atoms with E-state index in [-0.39, 0.29) is 17.8 Å². The lowest BCUT2D eigenvalue weighted by atomic mass is 10.1. The summed E-state index contributed by atoms with van der Waals surface area (Å²) in [4.78, 5) is 54.3. The standard InChI is InChI=1S/C28H53N5O5.C12H24O2/c1-5-6-7-8-9-10-11-12-13-14-21-37-25(35)23-18-16-20-33(23)24(34)22(17-15-19-31-26(29)30)32-27(36)38-28(2,3)4;1-2-3-4-5-6-7-8-9-10-11-12(13)14/h22-23H,5-21H2,1-4H3,(H,32,36)(H4,29,30,31);2-11H2,1H3,(H,13,14).